The maximum atomic E-state index is 5.60. The lowest BCUT2D eigenvalue weighted by Gasteiger charge is -2.32. The van der Waals surface area contributed by atoms with Gasteiger partial charge < -0.3 is 5.32 Å². The van der Waals surface area contributed by atoms with Crippen LogP contribution in [0, 0.1) is 0 Å². The predicted molar refractivity (Wildman–Crippen MR) is 45.6 cm³/mol. The number of rotatable bonds is 0. The zero-order valence-corrected chi connectivity index (χ0v) is 6.74. The number of fused-ring (bicyclic) bond motifs is 1. The van der Waals surface area contributed by atoms with Crippen LogP contribution >= 0.6 is 12.2 Å². The molecule has 3 atom stereocenters. The highest BCUT2D eigenvalue weighted by molar-refractivity contribution is 7.80. The lowest BCUT2D eigenvalue weighted by molar-refractivity contribution is 0.359. The Labute approximate surface area is 70.1 Å². The molecule has 2 fully saturated rings. The summed E-state index contributed by atoms with van der Waals surface area (Å²) in [6.07, 6.45) is -0.0464. The van der Waals surface area contributed by atoms with Crippen LogP contribution in [0.4, 0.5) is 0 Å². The lowest BCUT2D eigenvalue weighted by Crippen LogP contribution is -2.69. The van der Waals surface area contributed by atoms with Crippen LogP contribution in [0.25, 0.3) is 0 Å². The summed E-state index contributed by atoms with van der Waals surface area (Å²) in [6.45, 7) is 0.775. The van der Waals surface area contributed by atoms with E-state index in [1.165, 1.54) is 0 Å². The third-order valence-corrected chi connectivity index (χ3v) is 2.29. The number of hydrogen-bond donors (Lipinski definition) is 5. The van der Waals surface area contributed by atoms with Crippen molar-refractivity contribution in [3.05, 3.63) is 0 Å². The van der Waals surface area contributed by atoms with E-state index in [1.807, 2.05) is 0 Å². The van der Waals surface area contributed by atoms with E-state index in [4.69, 9.17) is 18.0 Å². The van der Waals surface area contributed by atoms with Gasteiger partial charge in [0, 0.05) is 6.67 Å². The van der Waals surface area contributed by atoms with Gasteiger partial charge >= 0.3 is 0 Å². The normalized spacial score (nSPS) is 43.4. The van der Waals surface area contributed by atoms with Crippen molar-refractivity contribution in [2.24, 2.45) is 5.73 Å². The average molecular weight is 173 g/mol. The topological polar surface area (TPSA) is 74.1 Å². The van der Waals surface area contributed by atoms with Gasteiger partial charge in [-0.05, 0) is 0 Å². The molecule has 0 aliphatic carbocycles. The van der Waals surface area contributed by atoms with Crippen molar-refractivity contribution < 1.29 is 0 Å². The molecule has 6 N–H and O–H groups in total. The molecule has 0 spiro atoms. The van der Waals surface area contributed by atoms with E-state index in [-0.39, 0.29) is 18.5 Å². The van der Waals surface area contributed by atoms with E-state index in [9.17, 15) is 0 Å². The molecule has 2 heterocycles. The van der Waals surface area contributed by atoms with Gasteiger partial charge in [0.05, 0.1) is 17.2 Å². The number of thiocarbonyl (C=S) groups is 1. The highest BCUT2D eigenvalue weighted by Gasteiger charge is 2.34. The van der Waals surface area contributed by atoms with Crippen LogP contribution in [0.2, 0.25) is 0 Å². The first-order chi connectivity index (χ1) is 5.27. The minimum Gasteiger partial charge on any atom is -0.351 e. The molecule has 0 radical (unpaired) electrons. The van der Waals surface area contributed by atoms with E-state index in [0.717, 1.165) is 11.7 Å². The second kappa shape index (κ2) is 2.65. The Balaban J connectivity index is 2.10. The van der Waals surface area contributed by atoms with Gasteiger partial charge in [-0.1, -0.05) is 12.2 Å². The molecule has 5 nitrogen and oxygen atoms in total. The Bertz CT molecular complexity index is 184. The molecule has 6 heteroatoms. The number of nitrogens with two attached hydrogens (primary N) is 1. The second-order valence-electron chi connectivity index (χ2n) is 2.69. The van der Waals surface area contributed by atoms with Gasteiger partial charge in [0.2, 0.25) is 0 Å². The largest absolute Gasteiger partial charge is 0.351 e. The summed E-state index contributed by atoms with van der Waals surface area (Å²) in [4.78, 5) is 0.784. The quantitative estimate of drug-likeness (QED) is 0.263. The van der Waals surface area contributed by atoms with Crippen LogP contribution in [0.15, 0.2) is 0 Å². The van der Waals surface area contributed by atoms with Crippen LogP contribution in [-0.4, -0.2) is 30.2 Å². The summed E-state index contributed by atoms with van der Waals surface area (Å²) in [7, 11) is 0. The first kappa shape index (κ1) is 7.38. The standard InChI is InChI=1S/C5H11N5S/c6-5-9-3-2(4(11)10-5)7-1-8-3/h2-3,5,7-9H,1,6H2,(H,10,11). The molecule has 2 saturated heterocycles. The van der Waals surface area contributed by atoms with E-state index in [0.29, 0.717) is 0 Å². The second-order valence-corrected chi connectivity index (χ2v) is 3.13. The number of hydrogen-bond acceptors (Lipinski definition) is 5. The van der Waals surface area contributed by atoms with Crippen molar-refractivity contribution in [2.45, 2.75) is 18.5 Å². The molecule has 0 saturated carbocycles. The van der Waals surface area contributed by atoms with E-state index < -0.39 is 0 Å². The lowest BCUT2D eigenvalue weighted by atomic mass is 10.2. The van der Waals surface area contributed by atoms with Gasteiger partial charge in [-0.25, -0.2) is 0 Å². The zero-order chi connectivity index (χ0) is 7.84. The molecule has 62 valence electrons. The fourth-order valence-electron chi connectivity index (χ4n) is 1.39. The average Bonchev–Trinajstić information content (AvgIpc) is 2.34. The first-order valence-corrected chi connectivity index (χ1v) is 3.97. The molecule has 0 bridgehead atoms. The van der Waals surface area contributed by atoms with Crippen molar-refractivity contribution in [3.63, 3.8) is 0 Å². The highest BCUT2D eigenvalue weighted by Crippen LogP contribution is 2.02. The van der Waals surface area contributed by atoms with Gasteiger partial charge in [0.25, 0.3) is 0 Å². The molecule has 0 aromatic rings. The van der Waals surface area contributed by atoms with Crippen molar-refractivity contribution in [1.29, 1.82) is 0 Å². The minimum atomic E-state index is -0.226. The summed E-state index contributed by atoms with van der Waals surface area (Å²) < 4.78 is 0. The van der Waals surface area contributed by atoms with Crippen molar-refractivity contribution in [1.82, 2.24) is 21.3 Å². The molecule has 0 amide bonds. The SMILES string of the molecule is NC1NC(=S)C2NCNC2N1. The smallest absolute Gasteiger partial charge is 0.131 e. The van der Waals surface area contributed by atoms with Crippen LogP contribution in [0.3, 0.4) is 0 Å². The van der Waals surface area contributed by atoms with Gasteiger partial charge in [-0.15, -0.1) is 0 Å². The zero-order valence-electron chi connectivity index (χ0n) is 5.92. The summed E-state index contributed by atoms with van der Waals surface area (Å²) in [5, 5.41) is 12.4. The van der Waals surface area contributed by atoms with Crippen molar-refractivity contribution >= 4 is 17.2 Å². The maximum Gasteiger partial charge on any atom is 0.131 e. The summed E-state index contributed by atoms with van der Waals surface area (Å²) >= 11 is 5.09. The molecule has 0 aromatic heterocycles. The van der Waals surface area contributed by atoms with Crippen LogP contribution in [0.5, 0.6) is 0 Å². The van der Waals surface area contributed by atoms with Gasteiger partial charge in [-0.3, -0.25) is 21.7 Å². The summed E-state index contributed by atoms with van der Waals surface area (Å²) in [5.41, 5.74) is 5.60. The number of nitrogens with one attached hydrogen (secondary N) is 4. The molecule has 3 unspecified atom stereocenters. The Kier molecular flexibility index (Phi) is 1.78. The monoisotopic (exact) mass is 173 g/mol. The van der Waals surface area contributed by atoms with Gasteiger partial charge in [0.1, 0.15) is 6.29 Å². The highest BCUT2D eigenvalue weighted by atomic mass is 32.1. The first-order valence-electron chi connectivity index (χ1n) is 3.56. The fourth-order valence-corrected chi connectivity index (χ4v) is 1.74. The molecular weight excluding hydrogens is 162 g/mol. The molecule has 2 aliphatic heterocycles. The molecule has 2 rings (SSSR count). The Morgan fingerprint density at radius 1 is 1.45 bits per heavy atom. The predicted octanol–water partition coefficient (Wildman–Crippen LogP) is -2.41. The van der Waals surface area contributed by atoms with Crippen molar-refractivity contribution in [3.8, 4) is 0 Å². The van der Waals surface area contributed by atoms with E-state index in [1.54, 1.807) is 0 Å². The van der Waals surface area contributed by atoms with Crippen LogP contribution < -0.4 is 27.0 Å². The summed E-state index contributed by atoms with van der Waals surface area (Å²) in [5.74, 6) is 0. The molecule has 2 aliphatic rings. The fraction of sp³-hybridized carbons (Fsp3) is 0.800. The van der Waals surface area contributed by atoms with E-state index in [2.05, 4.69) is 21.3 Å². The Morgan fingerprint density at radius 2 is 2.27 bits per heavy atom. The Morgan fingerprint density at radius 3 is 3.09 bits per heavy atom. The van der Waals surface area contributed by atoms with Gasteiger partial charge in [0.15, 0.2) is 0 Å². The molecule has 11 heavy (non-hydrogen) atoms. The molecule has 0 aromatic carbocycles. The maximum absolute atomic E-state index is 5.60. The third-order valence-electron chi connectivity index (χ3n) is 1.92. The summed E-state index contributed by atoms with van der Waals surface area (Å²) in [6, 6.07) is 0.185. The van der Waals surface area contributed by atoms with Crippen molar-refractivity contribution in [2.75, 3.05) is 6.67 Å². The van der Waals surface area contributed by atoms with Crippen LogP contribution in [0.1, 0.15) is 0 Å². The van der Waals surface area contributed by atoms with E-state index >= 15 is 0 Å². The van der Waals surface area contributed by atoms with Gasteiger partial charge in [-0.2, -0.15) is 0 Å². The third kappa shape index (κ3) is 1.23. The molecular formula is C5H11N5S. The van der Waals surface area contributed by atoms with Crippen LogP contribution in [-0.2, 0) is 0 Å². The Hall–Kier alpha value is -0.270. The minimum absolute atomic E-state index is 0.179.